The highest BCUT2D eigenvalue weighted by atomic mass is 16.1. The van der Waals surface area contributed by atoms with E-state index in [9.17, 15) is 4.79 Å². The molecule has 0 saturated heterocycles. The fourth-order valence-electron chi connectivity index (χ4n) is 6.08. The van der Waals surface area contributed by atoms with Crippen LogP contribution in [0, 0.1) is 17.8 Å². The predicted octanol–water partition coefficient (Wildman–Crippen LogP) is 7.99. The van der Waals surface area contributed by atoms with Crippen LogP contribution < -0.4 is 0 Å². The lowest BCUT2D eigenvalue weighted by Crippen LogP contribution is -2.17. The number of carbonyl (C=O) groups is 1. The van der Waals surface area contributed by atoms with Crippen LogP contribution in [0.1, 0.15) is 72.3 Å². The Balaban J connectivity index is 0.00000152. The third-order valence-electron chi connectivity index (χ3n) is 7.71. The van der Waals surface area contributed by atoms with Gasteiger partial charge in [0.1, 0.15) is 5.78 Å². The zero-order valence-corrected chi connectivity index (χ0v) is 19.7. The van der Waals surface area contributed by atoms with E-state index in [4.69, 9.17) is 4.99 Å². The molecular weight excluding hydrogens is 402 g/mol. The quantitative estimate of drug-likeness (QED) is 0.445. The van der Waals surface area contributed by atoms with Crippen molar-refractivity contribution in [2.45, 2.75) is 64.2 Å². The number of hydrogen-bond donors (Lipinski definition) is 0. The summed E-state index contributed by atoms with van der Waals surface area (Å²) in [6.45, 7) is 2.30. The van der Waals surface area contributed by atoms with Gasteiger partial charge in [-0.2, -0.15) is 0 Å². The second kappa shape index (κ2) is 10.0. The molecule has 5 rings (SSSR count). The largest absolute Gasteiger partial charge is 0.299 e. The summed E-state index contributed by atoms with van der Waals surface area (Å²) < 4.78 is 0. The van der Waals surface area contributed by atoms with E-state index >= 15 is 0 Å². The van der Waals surface area contributed by atoms with Crippen molar-refractivity contribution < 1.29 is 9.07 Å². The first-order chi connectivity index (χ1) is 16.2. The first-order valence-corrected chi connectivity index (χ1v) is 12.7. The van der Waals surface area contributed by atoms with Crippen LogP contribution in [0.5, 0.6) is 0 Å². The molecule has 2 nitrogen and oxygen atoms in total. The zero-order chi connectivity index (χ0) is 22.6. The average molecular weight is 444 g/mol. The summed E-state index contributed by atoms with van der Waals surface area (Å²) in [5.74, 6) is 2.62. The van der Waals surface area contributed by atoms with Gasteiger partial charge in [0.25, 0.3) is 0 Å². The van der Waals surface area contributed by atoms with Crippen LogP contribution in [0.25, 0.3) is 0 Å². The molecule has 0 amide bonds. The summed E-state index contributed by atoms with van der Waals surface area (Å²) in [7, 11) is 0. The van der Waals surface area contributed by atoms with E-state index in [1.54, 1.807) is 0 Å². The van der Waals surface area contributed by atoms with Crippen molar-refractivity contribution in [2.24, 2.45) is 22.7 Å². The summed E-state index contributed by atoms with van der Waals surface area (Å²) >= 11 is 0. The zero-order valence-electron chi connectivity index (χ0n) is 19.7. The number of carbonyl (C=O) groups excluding carboxylic acids is 1. The molecular formula is C31H41NO. The molecule has 2 aromatic carbocycles. The number of Topliss-reactive ketones (excluding diaryl/α,β-unsaturated/α-hetero) is 1. The highest BCUT2D eigenvalue weighted by molar-refractivity contribution is 5.83. The minimum atomic E-state index is 0. The Morgan fingerprint density at radius 1 is 0.939 bits per heavy atom. The van der Waals surface area contributed by atoms with E-state index in [0.717, 1.165) is 11.1 Å². The summed E-state index contributed by atoms with van der Waals surface area (Å²) in [5, 5.41) is 0. The fraction of sp³-hybridized carbons (Fsp3) is 0.419. The normalized spacial score (nSPS) is 26.8. The minimum Gasteiger partial charge on any atom is -0.299 e. The van der Waals surface area contributed by atoms with E-state index in [1.165, 1.54) is 55.4 Å². The number of rotatable bonds is 6. The second-order valence-electron chi connectivity index (χ2n) is 10.4. The van der Waals surface area contributed by atoms with Crippen LogP contribution in [0.3, 0.4) is 0 Å². The SMILES string of the molecule is CC1C=NC(C2CCCC(c3cccc(CC(=O)Cc4ccccc4)c3)C2)=C2C=CCC2C1.[HH].[HH].[HH]. The van der Waals surface area contributed by atoms with Gasteiger partial charge in [0.15, 0.2) is 0 Å². The maximum atomic E-state index is 12.7. The molecule has 3 aliphatic rings. The molecule has 176 valence electrons. The van der Waals surface area contributed by atoms with Gasteiger partial charge in [0.2, 0.25) is 0 Å². The van der Waals surface area contributed by atoms with E-state index in [-0.39, 0.29) is 10.1 Å². The molecule has 0 N–H and O–H groups in total. The molecule has 4 unspecified atom stereocenters. The van der Waals surface area contributed by atoms with E-state index in [1.807, 2.05) is 30.3 Å². The monoisotopic (exact) mass is 443 g/mol. The molecule has 0 spiro atoms. The van der Waals surface area contributed by atoms with Gasteiger partial charge in [0.05, 0.1) is 0 Å². The molecule has 1 fully saturated rings. The van der Waals surface area contributed by atoms with E-state index in [2.05, 4.69) is 49.6 Å². The number of benzene rings is 2. The van der Waals surface area contributed by atoms with Gasteiger partial charge in [-0.05, 0) is 72.1 Å². The summed E-state index contributed by atoms with van der Waals surface area (Å²) in [4.78, 5) is 17.7. The molecule has 1 aliphatic heterocycles. The molecule has 33 heavy (non-hydrogen) atoms. The Hall–Kier alpha value is -2.74. The first kappa shape index (κ1) is 22.1. The molecule has 0 aromatic heterocycles. The number of nitrogens with zero attached hydrogens (tertiary/aromatic N) is 1. The fourth-order valence-corrected chi connectivity index (χ4v) is 6.08. The van der Waals surface area contributed by atoms with Crippen LogP contribution >= 0.6 is 0 Å². The number of fused-ring (bicyclic) bond motifs is 1. The number of allylic oxidation sites excluding steroid dienone is 4. The van der Waals surface area contributed by atoms with Gasteiger partial charge in [-0.3, -0.25) is 9.79 Å². The van der Waals surface area contributed by atoms with Crippen molar-refractivity contribution in [1.82, 2.24) is 0 Å². The van der Waals surface area contributed by atoms with Gasteiger partial charge < -0.3 is 0 Å². The average Bonchev–Trinajstić information content (AvgIpc) is 3.21. The number of ketones is 1. The number of aliphatic imine (C=N–C) groups is 1. The topological polar surface area (TPSA) is 29.4 Å². The Morgan fingerprint density at radius 2 is 1.73 bits per heavy atom. The van der Waals surface area contributed by atoms with Crippen molar-refractivity contribution in [3.63, 3.8) is 0 Å². The molecule has 2 heteroatoms. The molecule has 2 aliphatic carbocycles. The van der Waals surface area contributed by atoms with E-state index < -0.39 is 0 Å². The van der Waals surface area contributed by atoms with Gasteiger partial charge in [-0.15, -0.1) is 0 Å². The lowest BCUT2D eigenvalue weighted by Gasteiger charge is -2.31. The molecule has 0 bridgehead atoms. The van der Waals surface area contributed by atoms with E-state index in [0.29, 0.717) is 36.5 Å². The predicted molar refractivity (Wildman–Crippen MR) is 143 cm³/mol. The Bertz CT molecular complexity index is 1090. The molecule has 2 aromatic rings. The standard InChI is InChI=1S/C31H35NO.3H2/c1-22-16-27-13-7-15-30(27)31(32-21-22)28-14-6-12-26(20-28)25-11-5-10-24(17-25)19-29(33)18-23-8-3-2-4-9-23;;;/h2-5,7-11,15,17,21-22,26-28H,6,12-14,16,18-20H2,1H3;3*1H. The third-order valence-corrected chi connectivity index (χ3v) is 7.71. The van der Waals surface area contributed by atoms with Crippen LogP contribution in [-0.4, -0.2) is 12.0 Å². The first-order valence-electron chi connectivity index (χ1n) is 12.7. The van der Waals surface area contributed by atoms with Crippen LogP contribution in [0.15, 0.2) is 83.0 Å². The summed E-state index contributed by atoms with van der Waals surface area (Å²) in [5.41, 5.74) is 6.54. The van der Waals surface area contributed by atoms with Crippen molar-refractivity contribution in [1.29, 1.82) is 0 Å². The highest BCUT2D eigenvalue weighted by Crippen LogP contribution is 2.44. The second-order valence-corrected chi connectivity index (χ2v) is 10.4. The van der Waals surface area contributed by atoms with Gasteiger partial charge >= 0.3 is 0 Å². The van der Waals surface area contributed by atoms with Crippen molar-refractivity contribution in [2.75, 3.05) is 0 Å². The Kier molecular flexibility index (Phi) is 6.71. The minimum absolute atomic E-state index is 0. The maximum Gasteiger partial charge on any atom is 0.141 e. The smallest absolute Gasteiger partial charge is 0.141 e. The van der Waals surface area contributed by atoms with Gasteiger partial charge in [-0.25, -0.2) is 0 Å². The van der Waals surface area contributed by atoms with Crippen LogP contribution in [-0.2, 0) is 17.6 Å². The summed E-state index contributed by atoms with van der Waals surface area (Å²) in [6, 6.07) is 18.9. The van der Waals surface area contributed by atoms with Crippen LogP contribution in [0.2, 0.25) is 0 Å². The highest BCUT2D eigenvalue weighted by Gasteiger charge is 2.31. The molecule has 1 heterocycles. The lowest BCUT2D eigenvalue weighted by atomic mass is 9.75. The third kappa shape index (κ3) is 5.27. The molecule has 4 atom stereocenters. The Labute approximate surface area is 203 Å². The van der Waals surface area contributed by atoms with Crippen molar-refractivity contribution >= 4 is 12.0 Å². The van der Waals surface area contributed by atoms with Crippen molar-refractivity contribution in [3.05, 3.63) is 94.7 Å². The number of hydrogen-bond acceptors (Lipinski definition) is 2. The summed E-state index contributed by atoms with van der Waals surface area (Å²) in [6.07, 6.45) is 15.3. The van der Waals surface area contributed by atoms with Crippen molar-refractivity contribution in [3.8, 4) is 0 Å². The van der Waals surface area contributed by atoms with Gasteiger partial charge in [0, 0.05) is 35.0 Å². The van der Waals surface area contributed by atoms with Crippen LogP contribution in [0.4, 0.5) is 0 Å². The lowest BCUT2D eigenvalue weighted by molar-refractivity contribution is -0.117. The Morgan fingerprint density at radius 3 is 2.61 bits per heavy atom. The molecule has 0 radical (unpaired) electrons. The van der Waals surface area contributed by atoms with Gasteiger partial charge in [-0.1, -0.05) is 80.1 Å². The molecule has 1 saturated carbocycles. The maximum absolute atomic E-state index is 12.7.